The van der Waals surface area contributed by atoms with E-state index in [1.807, 2.05) is 11.8 Å². The molecule has 0 radical (unpaired) electrons. The molecule has 1 fully saturated rings. The van der Waals surface area contributed by atoms with E-state index < -0.39 is 0 Å². The molecule has 1 N–H and O–H groups in total. The molecule has 0 aromatic heterocycles. The Bertz CT molecular complexity index is 539. The molecule has 2 rings (SSSR count). The number of hydrogen-bond acceptors (Lipinski definition) is 2. The summed E-state index contributed by atoms with van der Waals surface area (Å²) in [5.41, 5.74) is 1.17. The maximum absolute atomic E-state index is 13.0. The molecule has 1 aliphatic rings. The van der Waals surface area contributed by atoms with Crippen molar-refractivity contribution in [3.8, 4) is 0 Å². The summed E-state index contributed by atoms with van der Waals surface area (Å²) in [4.78, 5) is 16.8. The summed E-state index contributed by atoms with van der Waals surface area (Å²) in [5, 5.41) is 3.07. The van der Waals surface area contributed by atoms with Crippen LogP contribution in [-0.2, 0) is 6.42 Å². The van der Waals surface area contributed by atoms with Gasteiger partial charge in [-0.2, -0.15) is 0 Å². The molecule has 4 nitrogen and oxygen atoms in total. The normalized spacial score (nSPS) is 18.1. The van der Waals surface area contributed by atoms with Gasteiger partial charge >= 0.3 is 6.03 Å². The minimum Gasteiger partial charge on any atom is -0.335 e. The number of halogens is 1. The van der Waals surface area contributed by atoms with Crippen LogP contribution in [0.4, 0.5) is 9.18 Å². The first-order valence-corrected chi connectivity index (χ1v) is 8.80. The zero-order valence-electron chi connectivity index (χ0n) is 15.3. The van der Waals surface area contributed by atoms with E-state index in [0.29, 0.717) is 6.42 Å². The SMILES string of the molecule is C[C@@H](Cc1ccc(F)cc1)NC(=O)N1CCCN(C(C)(C)C)CC1. The monoisotopic (exact) mass is 335 g/mol. The molecule has 2 amide bonds. The highest BCUT2D eigenvalue weighted by Crippen LogP contribution is 2.16. The lowest BCUT2D eigenvalue weighted by Gasteiger charge is -2.34. The number of nitrogens with zero attached hydrogens (tertiary/aromatic N) is 2. The van der Waals surface area contributed by atoms with Crippen LogP contribution in [0, 0.1) is 5.82 Å². The lowest BCUT2D eigenvalue weighted by atomic mass is 10.1. The molecule has 1 atom stereocenters. The summed E-state index contributed by atoms with van der Waals surface area (Å²) >= 11 is 0. The standard InChI is InChI=1S/C19H30FN3O/c1-15(14-16-6-8-17(20)9-7-16)21-18(24)22-10-5-11-23(13-12-22)19(2,3)4/h6-9,15H,5,10-14H2,1-4H3,(H,21,24)/t15-/m0/s1. The molecule has 0 spiro atoms. The third kappa shape index (κ3) is 5.48. The van der Waals surface area contributed by atoms with Crippen molar-refractivity contribution in [2.45, 2.75) is 52.1 Å². The zero-order valence-corrected chi connectivity index (χ0v) is 15.3. The van der Waals surface area contributed by atoms with Crippen LogP contribution in [0.3, 0.4) is 0 Å². The molecule has 1 aromatic carbocycles. The van der Waals surface area contributed by atoms with Gasteiger partial charge in [0.1, 0.15) is 5.82 Å². The molecule has 0 aliphatic carbocycles. The summed E-state index contributed by atoms with van der Waals surface area (Å²) < 4.78 is 13.0. The van der Waals surface area contributed by atoms with E-state index in [1.54, 1.807) is 12.1 Å². The van der Waals surface area contributed by atoms with E-state index >= 15 is 0 Å². The van der Waals surface area contributed by atoms with Crippen molar-refractivity contribution in [2.75, 3.05) is 26.2 Å². The van der Waals surface area contributed by atoms with Crippen molar-refractivity contribution >= 4 is 6.03 Å². The molecule has 5 heteroatoms. The summed E-state index contributed by atoms with van der Waals surface area (Å²) in [7, 11) is 0. The molecule has 0 saturated carbocycles. The largest absolute Gasteiger partial charge is 0.335 e. The fourth-order valence-corrected chi connectivity index (χ4v) is 3.12. The van der Waals surface area contributed by atoms with Gasteiger partial charge < -0.3 is 10.2 Å². The van der Waals surface area contributed by atoms with Crippen LogP contribution < -0.4 is 5.32 Å². The van der Waals surface area contributed by atoms with Gasteiger partial charge in [0.05, 0.1) is 0 Å². The molecule has 0 bridgehead atoms. The van der Waals surface area contributed by atoms with Gasteiger partial charge in [-0.15, -0.1) is 0 Å². The molecule has 1 saturated heterocycles. The number of rotatable bonds is 3. The van der Waals surface area contributed by atoms with E-state index in [-0.39, 0.29) is 23.4 Å². The Kier molecular flexibility index (Phi) is 6.21. The number of nitrogens with one attached hydrogen (secondary N) is 1. The van der Waals surface area contributed by atoms with Gasteiger partial charge in [0, 0.05) is 37.8 Å². The second kappa shape index (κ2) is 7.97. The Hall–Kier alpha value is -1.62. The quantitative estimate of drug-likeness (QED) is 0.920. The third-order valence-corrected chi connectivity index (χ3v) is 4.56. The molecule has 24 heavy (non-hydrogen) atoms. The van der Waals surface area contributed by atoms with Crippen molar-refractivity contribution in [1.29, 1.82) is 0 Å². The summed E-state index contributed by atoms with van der Waals surface area (Å²) in [6.07, 6.45) is 1.70. The maximum Gasteiger partial charge on any atom is 0.317 e. The molecule has 1 heterocycles. The molecule has 1 aliphatic heterocycles. The van der Waals surface area contributed by atoms with E-state index in [1.165, 1.54) is 12.1 Å². The van der Waals surface area contributed by atoms with E-state index in [4.69, 9.17) is 0 Å². The Morgan fingerprint density at radius 1 is 1.17 bits per heavy atom. The topological polar surface area (TPSA) is 35.6 Å². The van der Waals surface area contributed by atoms with Crippen LogP contribution in [0.5, 0.6) is 0 Å². The number of carbonyl (C=O) groups excluding carboxylic acids is 1. The number of benzene rings is 1. The number of urea groups is 1. The predicted octanol–water partition coefficient (Wildman–Crippen LogP) is 3.27. The van der Waals surface area contributed by atoms with Crippen LogP contribution in [0.25, 0.3) is 0 Å². The van der Waals surface area contributed by atoms with Gasteiger partial charge in [-0.1, -0.05) is 12.1 Å². The number of hydrogen-bond donors (Lipinski definition) is 1. The van der Waals surface area contributed by atoms with Gasteiger partial charge in [0.25, 0.3) is 0 Å². The first kappa shape index (κ1) is 18.7. The highest BCUT2D eigenvalue weighted by Gasteiger charge is 2.26. The Balaban J connectivity index is 1.84. The second-order valence-electron chi connectivity index (χ2n) is 7.68. The average molecular weight is 335 g/mol. The number of amides is 2. The highest BCUT2D eigenvalue weighted by molar-refractivity contribution is 5.74. The van der Waals surface area contributed by atoms with Gasteiger partial charge in [0.15, 0.2) is 0 Å². The Labute approximate surface area is 145 Å². The lowest BCUT2D eigenvalue weighted by molar-refractivity contribution is 0.141. The molecular weight excluding hydrogens is 305 g/mol. The predicted molar refractivity (Wildman–Crippen MR) is 95.6 cm³/mol. The molecule has 1 aromatic rings. The van der Waals surface area contributed by atoms with Gasteiger partial charge in [-0.05, 0) is 58.2 Å². The molecule has 0 unspecified atom stereocenters. The van der Waals surface area contributed by atoms with E-state index in [9.17, 15) is 9.18 Å². The fraction of sp³-hybridized carbons (Fsp3) is 0.632. The Morgan fingerprint density at radius 2 is 1.83 bits per heavy atom. The first-order chi connectivity index (χ1) is 11.3. The summed E-state index contributed by atoms with van der Waals surface area (Å²) in [6, 6.07) is 6.47. The van der Waals surface area contributed by atoms with Gasteiger partial charge in [-0.25, -0.2) is 9.18 Å². The van der Waals surface area contributed by atoms with Crippen LogP contribution in [0.2, 0.25) is 0 Å². The maximum atomic E-state index is 13.0. The van der Waals surface area contributed by atoms with Crippen molar-refractivity contribution < 1.29 is 9.18 Å². The smallest absolute Gasteiger partial charge is 0.317 e. The van der Waals surface area contributed by atoms with Crippen LogP contribution in [-0.4, -0.2) is 53.6 Å². The van der Waals surface area contributed by atoms with Crippen molar-refractivity contribution in [2.24, 2.45) is 0 Å². The van der Waals surface area contributed by atoms with Crippen LogP contribution >= 0.6 is 0 Å². The summed E-state index contributed by atoms with van der Waals surface area (Å²) in [5.74, 6) is -0.233. The second-order valence-corrected chi connectivity index (χ2v) is 7.68. The average Bonchev–Trinajstić information content (AvgIpc) is 2.75. The van der Waals surface area contributed by atoms with E-state index in [0.717, 1.165) is 38.2 Å². The minimum atomic E-state index is -0.233. The fourth-order valence-electron chi connectivity index (χ4n) is 3.12. The first-order valence-electron chi connectivity index (χ1n) is 8.80. The zero-order chi connectivity index (χ0) is 17.7. The van der Waals surface area contributed by atoms with Gasteiger partial charge in [0.2, 0.25) is 0 Å². The number of carbonyl (C=O) groups is 1. The highest BCUT2D eigenvalue weighted by atomic mass is 19.1. The lowest BCUT2D eigenvalue weighted by Crippen LogP contribution is -2.47. The van der Waals surface area contributed by atoms with Gasteiger partial charge in [-0.3, -0.25) is 4.90 Å². The molecule has 134 valence electrons. The van der Waals surface area contributed by atoms with Crippen molar-refractivity contribution in [3.05, 3.63) is 35.6 Å². The molecular formula is C19H30FN3O. The van der Waals surface area contributed by atoms with Crippen LogP contribution in [0.1, 0.15) is 39.7 Å². The van der Waals surface area contributed by atoms with Crippen molar-refractivity contribution in [1.82, 2.24) is 15.1 Å². The van der Waals surface area contributed by atoms with Crippen molar-refractivity contribution in [3.63, 3.8) is 0 Å². The third-order valence-electron chi connectivity index (χ3n) is 4.56. The minimum absolute atomic E-state index is 0.000343. The summed E-state index contributed by atoms with van der Waals surface area (Å²) in [6.45, 7) is 12.1. The van der Waals surface area contributed by atoms with Crippen LogP contribution in [0.15, 0.2) is 24.3 Å². The Morgan fingerprint density at radius 3 is 2.46 bits per heavy atom. The van der Waals surface area contributed by atoms with E-state index in [2.05, 4.69) is 31.0 Å².